The molecule has 0 aliphatic heterocycles. The summed E-state index contributed by atoms with van der Waals surface area (Å²) in [6, 6.07) is 0. The van der Waals surface area contributed by atoms with E-state index in [0.29, 0.717) is 6.54 Å². The van der Waals surface area contributed by atoms with E-state index in [1.165, 1.54) is 0 Å². The molecule has 0 atom stereocenters. The van der Waals surface area contributed by atoms with Gasteiger partial charge in [-0.1, -0.05) is 6.92 Å². The van der Waals surface area contributed by atoms with Crippen molar-refractivity contribution >= 4 is 12.1 Å². The topological polar surface area (TPSA) is 32.7 Å². The maximum absolute atomic E-state index is 10.7. The zero-order valence-corrected chi connectivity index (χ0v) is 7.95. The summed E-state index contributed by atoms with van der Waals surface area (Å²) in [6.07, 6.45) is 6.33. The van der Waals surface area contributed by atoms with E-state index >= 15 is 0 Å². The summed E-state index contributed by atoms with van der Waals surface area (Å²) >= 11 is 0. The Morgan fingerprint density at radius 1 is 1.58 bits per heavy atom. The third-order valence-corrected chi connectivity index (χ3v) is 1.40. The SMILES string of the molecule is CC/C=N\C=C\CN(C)C(C)=O. The van der Waals surface area contributed by atoms with Crippen LogP contribution in [-0.4, -0.2) is 30.6 Å². The summed E-state index contributed by atoms with van der Waals surface area (Å²) in [6.45, 7) is 4.19. The molecule has 0 aromatic heterocycles. The Morgan fingerprint density at radius 2 is 2.25 bits per heavy atom. The van der Waals surface area contributed by atoms with Crippen molar-refractivity contribution in [3.05, 3.63) is 12.3 Å². The first-order valence-electron chi connectivity index (χ1n) is 4.06. The molecule has 3 nitrogen and oxygen atoms in total. The number of carbonyl (C=O) groups excluding carboxylic acids is 1. The fraction of sp³-hybridized carbons (Fsp3) is 0.556. The van der Waals surface area contributed by atoms with E-state index in [-0.39, 0.29) is 5.91 Å². The zero-order valence-electron chi connectivity index (χ0n) is 7.95. The van der Waals surface area contributed by atoms with E-state index in [2.05, 4.69) is 4.99 Å². The minimum absolute atomic E-state index is 0.0686. The highest BCUT2D eigenvalue weighted by atomic mass is 16.2. The number of nitrogens with zero attached hydrogens (tertiary/aromatic N) is 2. The van der Waals surface area contributed by atoms with Crippen LogP contribution in [0.3, 0.4) is 0 Å². The van der Waals surface area contributed by atoms with Crippen LogP contribution < -0.4 is 0 Å². The summed E-state index contributed by atoms with van der Waals surface area (Å²) in [5.74, 6) is 0.0686. The van der Waals surface area contributed by atoms with Crippen LogP contribution in [0.15, 0.2) is 17.3 Å². The van der Waals surface area contributed by atoms with Crippen LogP contribution in [-0.2, 0) is 4.79 Å². The van der Waals surface area contributed by atoms with Gasteiger partial charge >= 0.3 is 0 Å². The van der Waals surface area contributed by atoms with E-state index in [0.717, 1.165) is 6.42 Å². The highest BCUT2D eigenvalue weighted by Gasteiger charge is 1.96. The lowest BCUT2D eigenvalue weighted by Gasteiger charge is -2.10. The third kappa shape index (κ3) is 5.65. The summed E-state index contributed by atoms with van der Waals surface area (Å²) in [5.41, 5.74) is 0. The van der Waals surface area contributed by atoms with Gasteiger partial charge in [0.15, 0.2) is 0 Å². The van der Waals surface area contributed by atoms with Crippen molar-refractivity contribution in [1.29, 1.82) is 0 Å². The maximum atomic E-state index is 10.7. The van der Waals surface area contributed by atoms with E-state index in [1.807, 2.05) is 19.2 Å². The standard InChI is InChI=1S/C9H16N2O/c1-4-6-10-7-5-8-11(3)9(2)12/h5-7H,4,8H2,1-3H3/b7-5+,10-6-. The van der Waals surface area contributed by atoms with E-state index in [4.69, 9.17) is 0 Å². The molecule has 0 aliphatic rings. The quantitative estimate of drug-likeness (QED) is 0.585. The van der Waals surface area contributed by atoms with Crippen LogP contribution in [0.2, 0.25) is 0 Å². The van der Waals surface area contributed by atoms with Crippen molar-refractivity contribution in [2.75, 3.05) is 13.6 Å². The molecule has 0 spiro atoms. The Morgan fingerprint density at radius 3 is 2.75 bits per heavy atom. The molecule has 0 unspecified atom stereocenters. The van der Waals surface area contributed by atoms with Crippen LogP contribution in [0.25, 0.3) is 0 Å². The monoisotopic (exact) mass is 168 g/mol. The second-order valence-corrected chi connectivity index (χ2v) is 2.52. The smallest absolute Gasteiger partial charge is 0.219 e. The number of rotatable bonds is 4. The highest BCUT2D eigenvalue weighted by Crippen LogP contribution is 1.84. The maximum Gasteiger partial charge on any atom is 0.219 e. The molecule has 0 saturated carbocycles. The molecular formula is C9H16N2O. The van der Waals surface area contributed by atoms with Gasteiger partial charge in [-0.2, -0.15) is 0 Å². The molecule has 0 aromatic carbocycles. The molecule has 12 heavy (non-hydrogen) atoms. The Balaban J connectivity index is 3.60. The summed E-state index contributed by atoms with van der Waals surface area (Å²) in [5, 5.41) is 0. The molecule has 0 heterocycles. The van der Waals surface area contributed by atoms with Gasteiger partial charge in [0, 0.05) is 32.9 Å². The molecule has 3 heteroatoms. The van der Waals surface area contributed by atoms with E-state index in [9.17, 15) is 4.79 Å². The molecule has 0 saturated heterocycles. The van der Waals surface area contributed by atoms with Crippen molar-refractivity contribution in [2.45, 2.75) is 20.3 Å². The number of amides is 1. The van der Waals surface area contributed by atoms with Crippen molar-refractivity contribution in [3.63, 3.8) is 0 Å². The van der Waals surface area contributed by atoms with Crippen molar-refractivity contribution in [2.24, 2.45) is 4.99 Å². The van der Waals surface area contributed by atoms with Gasteiger partial charge in [-0.05, 0) is 12.5 Å². The van der Waals surface area contributed by atoms with Gasteiger partial charge in [0.25, 0.3) is 0 Å². The molecule has 0 aliphatic carbocycles. The van der Waals surface area contributed by atoms with Gasteiger partial charge in [-0.3, -0.25) is 9.79 Å². The molecular weight excluding hydrogens is 152 g/mol. The molecule has 0 aromatic rings. The number of carbonyl (C=O) groups is 1. The van der Waals surface area contributed by atoms with Crippen LogP contribution in [0.5, 0.6) is 0 Å². The molecule has 0 radical (unpaired) electrons. The fourth-order valence-corrected chi connectivity index (χ4v) is 0.561. The number of hydrogen-bond donors (Lipinski definition) is 0. The van der Waals surface area contributed by atoms with Gasteiger partial charge in [0.1, 0.15) is 0 Å². The Hall–Kier alpha value is -1.12. The van der Waals surface area contributed by atoms with Crippen LogP contribution >= 0.6 is 0 Å². The van der Waals surface area contributed by atoms with Crippen LogP contribution in [0.4, 0.5) is 0 Å². The Labute approximate surface area is 73.8 Å². The second kappa shape index (κ2) is 6.58. The van der Waals surface area contributed by atoms with Crippen LogP contribution in [0, 0.1) is 0 Å². The first kappa shape index (κ1) is 10.9. The molecule has 68 valence electrons. The summed E-state index contributed by atoms with van der Waals surface area (Å²) in [7, 11) is 1.76. The Kier molecular flexibility index (Phi) is 5.97. The fourth-order valence-electron chi connectivity index (χ4n) is 0.561. The number of hydrogen-bond acceptors (Lipinski definition) is 2. The van der Waals surface area contributed by atoms with Crippen molar-refractivity contribution < 1.29 is 4.79 Å². The van der Waals surface area contributed by atoms with Gasteiger partial charge in [0.05, 0.1) is 0 Å². The summed E-state index contributed by atoms with van der Waals surface area (Å²) in [4.78, 5) is 16.3. The predicted molar refractivity (Wildman–Crippen MR) is 51.2 cm³/mol. The molecule has 0 fully saturated rings. The number of aliphatic imine (C=N–C) groups is 1. The first-order valence-corrected chi connectivity index (χ1v) is 4.06. The average Bonchev–Trinajstić information content (AvgIpc) is 2.03. The van der Waals surface area contributed by atoms with Gasteiger partial charge in [-0.15, -0.1) is 0 Å². The van der Waals surface area contributed by atoms with Gasteiger partial charge in [0.2, 0.25) is 5.91 Å². The third-order valence-electron chi connectivity index (χ3n) is 1.40. The zero-order chi connectivity index (χ0) is 9.40. The second-order valence-electron chi connectivity index (χ2n) is 2.52. The average molecular weight is 168 g/mol. The molecule has 0 bridgehead atoms. The number of likely N-dealkylation sites (N-methyl/N-ethyl adjacent to an activating group) is 1. The predicted octanol–water partition coefficient (Wildman–Crippen LogP) is 1.46. The molecule has 0 N–H and O–H groups in total. The van der Waals surface area contributed by atoms with Gasteiger partial charge in [-0.25, -0.2) is 0 Å². The van der Waals surface area contributed by atoms with E-state index in [1.54, 1.807) is 25.1 Å². The Bertz CT molecular complexity index is 185. The van der Waals surface area contributed by atoms with Crippen molar-refractivity contribution in [3.8, 4) is 0 Å². The largest absolute Gasteiger partial charge is 0.342 e. The minimum atomic E-state index is 0.0686. The van der Waals surface area contributed by atoms with Gasteiger partial charge < -0.3 is 4.90 Å². The highest BCUT2D eigenvalue weighted by molar-refractivity contribution is 5.72. The van der Waals surface area contributed by atoms with Crippen molar-refractivity contribution in [1.82, 2.24) is 4.90 Å². The lowest BCUT2D eigenvalue weighted by molar-refractivity contribution is -0.127. The first-order chi connectivity index (χ1) is 5.68. The normalized spacial score (nSPS) is 11.2. The molecule has 1 amide bonds. The summed E-state index contributed by atoms with van der Waals surface area (Å²) < 4.78 is 0. The minimum Gasteiger partial charge on any atom is -0.342 e. The van der Waals surface area contributed by atoms with E-state index < -0.39 is 0 Å². The molecule has 0 rings (SSSR count). The lowest BCUT2D eigenvalue weighted by atomic mass is 10.5. The van der Waals surface area contributed by atoms with Crippen LogP contribution in [0.1, 0.15) is 20.3 Å². The lowest BCUT2D eigenvalue weighted by Crippen LogP contribution is -2.23.